The Bertz CT molecular complexity index is 2890. The Morgan fingerprint density at radius 2 is 1.07 bits per heavy atom. The molecule has 1 saturated carbocycles. The molecule has 0 amide bonds. The zero-order valence-corrected chi connectivity index (χ0v) is 43.2. The van der Waals surface area contributed by atoms with Gasteiger partial charge in [-0.3, -0.25) is 0 Å². The minimum absolute atomic E-state index is 0.631. The van der Waals surface area contributed by atoms with Gasteiger partial charge in [-0.15, -0.1) is 0 Å². The van der Waals surface area contributed by atoms with Gasteiger partial charge in [-0.25, -0.2) is 0 Å². The minimum atomic E-state index is 0.631. The summed E-state index contributed by atoms with van der Waals surface area (Å²) in [7, 11) is 0. The van der Waals surface area contributed by atoms with Gasteiger partial charge in [0.2, 0.25) is 0 Å². The smallest absolute Gasteiger partial charge is 0.00130 e. The van der Waals surface area contributed by atoms with Crippen LogP contribution in [-0.4, -0.2) is 0 Å². The summed E-state index contributed by atoms with van der Waals surface area (Å²) in [6, 6.07) is 61.7. The number of rotatable bonds is 5. The third-order valence-corrected chi connectivity index (χ3v) is 13.8. The van der Waals surface area contributed by atoms with E-state index < -0.39 is 0 Å². The lowest BCUT2D eigenvalue weighted by molar-refractivity contribution is 0.489. The first-order chi connectivity index (χ1) is 34.1. The van der Waals surface area contributed by atoms with E-state index >= 15 is 0 Å². The lowest BCUT2D eigenvalue weighted by Gasteiger charge is -2.24. The van der Waals surface area contributed by atoms with Gasteiger partial charge in [0.1, 0.15) is 0 Å². The highest BCUT2D eigenvalue weighted by Crippen LogP contribution is 2.64. The molecule has 0 aromatic heterocycles. The predicted octanol–water partition coefficient (Wildman–Crippen LogP) is 20.6. The Hall–Kier alpha value is -7.02. The highest BCUT2D eigenvalue weighted by atomic mass is 14.6. The molecule has 70 heavy (non-hydrogen) atoms. The summed E-state index contributed by atoms with van der Waals surface area (Å²) in [4.78, 5) is 0. The van der Waals surface area contributed by atoms with Gasteiger partial charge in [0.25, 0.3) is 0 Å². The van der Waals surface area contributed by atoms with E-state index in [1.54, 1.807) is 11.1 Å². The van der Waals surface area contributed by atoms with Crippen molar-refractivity contribution < 1.29 is 0 Å². The van der Waals surface area contributed by atoms with Gasteiger partial charge >= 0.3 is 0 Å². The Kier molecular flexibility index (Phi) is 20.4. The topological polar surface area (TPSA) is 0 Å². The van der Waals surface area contributed by atoms with Crippen molar-refractivity contribution in [1.82, 2.24) is 0 Å². The van der Waals surface area contributed by atoms with Crippen LogP contribution in [-0.2, 0) is 0 Å². The molecule has 0 spiro atoms. The van der Waals surface area contributed by atoms with Crippen molar-refractivity contribution in [2.24, 2.45) is 11.3 Å². The van der Waals surface area contributed by atoms with Gasteiger partial charge < -0.3 is 0 Å². The van der Waals surface area contributed by atoms with Gasteiger partial charge in [-0.1, -0.05) is 271 Å². The van der Waals surface area contributed by atoms with Crippen LogP contribution in [0, 0.1) is 32.1 Å². The van der Waals surface area contributed by atoms with Crippen molar-refractivity contribution in [2.75, 3.05) is 0 Å². The number of fused-ring (bicyclic) bond motifs is 2. The molecule has 11 rings (SSSR count). The molecule has 0 bridgehead atoms. The molecular formula is C70H76. The average Bonchev–Trinajstić information content (AvgIpc) is 4.17. The van der Waals surface area contributed by atoms with Crippen LogP contribution >= 0.6 is 0 Å². The standard InChI is InChI=1S/C19H16.C14H18.C13H12.C11H10.C7H10.C6H10/c1-15-7-9-17(10-8-15)19-13-11-18(12-14-19)16-5-3-2-4-6-16;1-11-5-7-12(8-6-11)14-9-3-2-4-13(14)10-14;1-11-6-5-9-13(10-11)12-7-3-2-4-8-12;1-9-5-4-7-10-6-2-3-8-11(9)10;1-7-5-3-2-4-6-7;1-4-6(3)5-2/h2-14H,1H3;2,4-5,7,13H,3,6,8-10H2,1H3;2-10H,1H3;2-8H,1H3;2-3,5H,4,6H2,1H3;4-5H,1H2,2-3H3/b;;;;;6-5-. The molecule has 0 nitrogen and oxygen atoms in total. The van der Waals surface area contributed by atoms with Crippen molar-refractivity contribution in [3.63, 3.8) is 0 Å². The van der Waals surface area contributed by atoms with E-state index in [1.165, 1.54) is 117 Å². The number of hydrogen-bond donors (Lipinski definition) is 0. The molecule has 0 heteroatoms. The van der Waals surface area contributed by atoms with Crippen LogP contribution in [0.1, 0.15) is 89.3 Å². The second kappa shape index (κ2) is 27.2. The fourth-order valence-electron chi connectivity index (χ4n) is 9.08. The number of aryl methyl sites for hydroxylation is 3. The van der Waals surface area contributed by atoms with Crippen molar-refractivity contribution in [2.45, 2.75) is 93.4 Å². The first-order valence-corrected chi connectivity index (χ1v) is 25.5. The van der Waals surface area contributed by atoms with Crippen molar-refractivity contribution >= 4 is 10.8 Å². The van der Waals surface area contributed by atoms with Crippen LogP contribution in [0.25, 0.3) is 44.2 Å². The SMILES string of the molecule is C=C/C(C)=C\C.CC1=CC=C(C23CCC=CC2C3)CC1.CC1=CC=CCC1.Cc1ccc(-c2ccc(-c3ccccc3)cc2)cc1.Cc1cccc(-c2ccccc2)c1.Cc1cccc2ccccc12. The van der Waals surface area contributed by atoms with Crippen LogP contribution in [0.4, 0.5) is 0 Å². The van der Waals surface area contributed by atoms with Crippen molar-refractivity contribution in [3.05, 3.63) is 276 Å². The van der Waals surface area contributed by atoms with Crippen molar-refractivity contribution in [3.8, 4) is 33.4 Å². The maximum atomic E-state index is 3.56. The van der Waals surface area contributed by atoms with Crippen LogP contribution < -0.4 is 0 Å². The van der Waals surface area contributed by atoms with E-state index in [0.29, 0.717) is 5.41 Å². The van der Waals surface area contributed by atoms with E-state index in [4.69, 9.17) is 0 Å². The summed E-state index contributed by atoms with van der Waals surface area (Å²) < 4.78 is 0. The van der Waals surface area contributed by atoms with Gasteiger partial charge in [0, 0.05) is 0 Å². The molecule has 356 valence electrons. The fourth-order valence-corrected chi connectivity index (χ4v) is 9.08. The Labute approximate surface area is 423 Å². The quantitative estimate of drug-likeness (QED) is 0.119. The third kappa shape index (κ3) is 16.0. The second-order valence-electron chi connectivity index (χ2n) is 19.2. The average molecular weight is 917 g/mol. The van der Waals surface area contributed by atoms with E-state index in [9.17, 15) is 0 Å². The second-order valence-corrected chi connectivity index (χ2v) is 19.2. The van der Waals surface area contributed by atoms with E-state index in [1.807, 2.05) is 38.1 Å². The molecule has 4 aliphatic rings. The summed E-state index contributed by atoms with van der Waals surface area (Å²) in [5.74, 6) is 0.898. The number of benzene rings is 7. The third-order valence-electron chi connectivity index (χ3n) is 13.8. The largest absolute Gasteiger partial charge is 0.0988 e. The van der Waals surface area contributed by atoms with Crippen molar-refractivity contribution in [1.29, 1.82) is 0 Å². The number of allylic oxidation sites excluding steroid dienone is 13. The van der Waals surface area contributed by atoms with Gasteiger partial charge in [0.05, 0.1) is 0 Å². The predicted molar refractivity (Wildman–Crippen MR) is 309 cm³/mol. The van der Waals surface area contributed by atoms with E-state index in [2.05, 4.69) is 248 Å². The van der Waals surface area contributed by atoms with E-state index in [-0.39, 0.29) is 0 Å². The maximum Gasteiger partial charge on any atom is -0.00130 e. The van der Waals surface area contributed by atoms with Gasteiger partial charge in [0.15, 0.2) is 0 Å². The first kappa shape index (κ1) is 52.4. The molecule has 0 saturated heterocycles. The Morgan fingerprint density at radius 1 is 0.514 bits per heavy atom. The van der Waals surface area contributed by atoms with Crippen LogP contribution in [0.5, 0.6) is 0 Å². The fraction of sp³-hybridized carbons (Fsp3) is 0.229. The lowest BCUT2D eigenvalue weighted by Crippen LogP contribution is -2.11. The molecule has 2 atom stereocenters. The molecule has 7 aromatic carbocycles. The Balaban J connectivity index is 0.000000143. The molecule has 2 unspecified atom stereocenters. The highest BCUT2D eigenvalue weighted by Gasteiger charge is 2.54. The summed E-state index contributed by atoms with van der Waals surface area (Å²) >= 11 is 0. The highest BCUT2D eigenvalue weighted by molar-refractivity contribution is 5.85. The molecule has 7 aromatic rings. The summed E-state index contributed by atoms with van der Waals surface area (Å²) in [6.07, 6.45) is 29.2. The van der Waals surface area contributed by atoms with Gasteiger partial charge in [-0.2, -0.15) is 0 Å². The van der Waals surface area contributed by atoms with E-state index in [0.717, 1.165) is 5.92 Å². The molecule has 0 radical (unpaired) electrons. The minimum Gasteiger partial charge on any atom is -0.0988 e. The molecule has 1 fully saturated rings. The van der Waals surface area contributed by atoms with Crippen LogP contribution in [0.3, 0.4) is 0 Å². The molecule has 4 aliphatic carbocycles. The molecule has 0 heterocycles. The monoisotopic (exact) mass is 917 g/mol. The summed E-state index contributed by atoms with van der Waals surface area (Å²) in [5.41, 5.74) is 18.2. The summed E-state index contributed by atoms with van der Waals surface area (Å²) in [5, 5.41) is 2.68. The number of hydrogen-bond acceptors (Lipinski definition) is 0. The zero-order chi connectivity index (χ0) is 49.6. The normalized spacial score (nSPS) is 17.2. The van der Waals surface area contributed by atoms with Crippen LogP contribution in [0.15, 0.2) is 259 Å². The molecule has 0 N–H and O–H groups in total. The molecular weight excluding hydrogens is 841 g/mol. The molecule has 0 aliphatic heterocycles. The van der Waals surface area contributed by atoms with Gasteiger partial charge in [-0.05, 0) is 154 Å². The summed E-state index contributed by atoms with van der Waals surface area (Å²) in [6.45, 7) is 18.4. The Morgan fingerprint density at radius 3 is 1.59 bits per heavy atom. The lowest BCUT2D eigenvalue weighted by atomic mass is 9.80. The van der Waals surface area contributed by atoms with Crippen LogP contribution in [0.2, 0.25) is 0 Å². The zero-order valence-electron chi connectivity index (χ0n) is 43.2. The first-order valence-electron chi connectivity index (χ1n) is 25.5. The maximum absolute atomic E-state index is 3.56.